The molecular formula is C24H31N7O. The molecule has 1 saturated heterocycles. The van der Waals surface area contributed by atoms with Crippen molar-refractivity contribution in [2.75, 3.05) is 23.7 Å². The lowest BCUT2D eigenvalue weighted by Gasteiger charge is -2.27. The summed E-state index contributed by atoms with van der Waals surface area (Å²) in [6, 6.07) is 10.4. The van der Waals surface area contributed by atoms with Gasteiger partial charge in [0, 0.05) is 54.9 Å². The molecular weight excluding hydrogens is 402 g/mol. The van der Waals surface area contributed by atoms with Crippen LogP contribution in [0.1, 0.15) is 55.3 Å². The molecule has 0 spiro atoms. The van der Waals surface area contributed by atoms with E-state index in [1.807, 2.05) is 41.4 Å². The van der Waals surface area contributed by atoms with Gasteiger partial charge >= 0.3 is 0 Å². The summed E-state index contributed by atoms with van der Waals surface area (Å²) in [5.74, 6) is 0.935. The van der Waals surface area contributed by atoms with Crippen LogP contribution in [0.5, 0.6) is 0 Å². The first kappa shape index (κ1) is 20.8. The Balaban J connectivity index is 1.32. The molecule has 1 aromatic carbocycles. The van der Waals surface area contributed by atoms with Gasteiger partial charge in [-0.15, -0.1) is 5.10 Å². The molecule has 0 bridgehead atoms. The molecule has 8 nitrogen and oxygen atoms in total. The number of carbonyl (C=O) groups is 1. The SMILES string of the molecule is N[C@H]1CC[C@@H](Nc2cc(Nc3ccc(C(=O)N4CCCCC4)cc3)c3nccn3n2)CC1. The van der Waals surface area contributed by atoms with Crippen LogP contribution >= 0.6 is 0 Å². The summed E-state index contributed by atoms with van der Waals surface area (Å²) in [7, 11) is 0. The molecule has 1 amide bonds. The van der Waals surface area contributed by atoms with Gasteiger partial charge in [0.05, 0.1) is 5.69 Å². The molecule has 2 aromatic heterocycles. The second kappa shape index (κ2) is 9.16. The summed E-state index contributed by atoms with van der Waals surface area (Å²) < 4.78 is 1.79. The van der Waals surface area contributed by atoms with Gasteiger partial charge in [0.15, 0.2) is 5.65 Å². The number of likely N-dealkylation sites (tertiary alicyclic amines) is 1. The third kappa shape index (κ3) is 4.55. The first-order valence-electron chi connectivity index (χ1n) is 11.7. The average Bonchev–Trinajstić information content (AvgIpc) is 3.30. The van der Waals surface area contributed by atoms with Gasteiger partial charge in [-0.1, -0.05) is 0 Å². The highest BCUT2D eigenvalue weighted by atomic mass is 16.2. The molecule has 5 rings (SSSR count). The Morgan fingerprint density at radius 3 is 2.53 bits per heavy atom. The van der Waals surface area contributed by atoms with E-state index in [4.69, 9.17) is 5.73 Å². The molecule has 2 aliphatic rings. The van der Waals surface area contributed by atoms with E-state index in [1.165, 1.54) is 6.42 Å². The lowest BCUT2D eigenvalue weighted by molar-refractivity contribution is 0.0724. The summed E-state index contributed by atoms with van der Waals surface area (Å²) >= 11 is 0. The van der Waals surface area contributed by atoms with Crippen LogP contribution in [0, 0.1) is 0 Å². The van der Waals surface area contributed by atoms with E-state index in [2.05, 4.69) is 20.7 Å². The molecule has 2 fully saturated rings. The second-order valence-electron chi connectivity index (χ2n) is 8.95. The monoisotopic (exact) mass is 433 g/mol. The number of anilines is 3. The number of carbonyl (C=O) groups excluding carboxylic acids is 1. The maximum atomic E-state index is 12.7. The van der Waals surface area contributed by atoms with Gasteiger partial charge in [-0.25, -0.2) is 9.50 Å². The molecule has 3 aromatic rings. The Kier molecular flexibility index (Phi) is 5.94. The van der Waals surface area contributed by atoms with E-state index >= 15 is 0 Å². The number of nitrogens with zero attached hydrogens (tertiary/aromatic N) is 4. The van der Waals surface area contributed by atoms with Crippen molar-refractivity contribution in [2.45, 2.75) is 57.0 Å². The molecule has 32 heavy (non-hydrogen) atoms. The third-order valence-electron chi connectivity index (χ3n) is 6.54. The van der Waals surface area contributed by atoms with Crippen molar-refractivity contribution in [1.29, 1.82) is 0 Å². The van der Waals surface area contributed by atoms with Gasteiger partial charge in [-0.3, -0.25) is 4.79 Å². The molecule has 4 N–H and O–H groups in total. The second-order valence-corrected chi connectivity index (χ2v) is 8.95. The van der Waals surface area contributed by atoms with Crippen molar-refractivity contribution in [1.82, 2.24) is 19.5 Å². The predicted octanol–water partition coefficient (Wildman–Crippen LogP) is 3.78. The largest absolute Gasteiger partial charge is 0.366 e. The highest BCUT2D eigenvalue weighted by Crippen LogP contribution is 2.26. The standard InChI is InChI=1S/C24H31N7O/c25-18-6-10-20(11-7-18)28-22-16-21(23-26-12-15-31(23)29-22)27-19-8-4-17(5-9-19)24(32)30-13-2-1-3-14-30/h4-5,8-9,12,15-16,18,20,27H,1-3,6-7,10-11,13-14,25H2,(H,28,29)/t18-,20+. The van der Waals surface area contributed by atoms with E-state index in [-0.39, 0.29) is 5.91 Å². The number of rotatable bonds is 5. The van der Waals surface area contributed by atoms with Crippen LogP contribution < -0.4 is 16.4 Å². The van der Waals surface area contributed by atoms with Crippen LogP contribution in [0.15, 0.2) is 42.7 Å². The van der Waals surface area contributed by atoms with Crippen molar-refractivity contribution >= 4 is 28.7 Å². The summed E-state index contributed by atoms with van der Waals surface area (Å²) in [6.45, 7) is 1.72. The minimum absolute atomic E-state index is 0.120. The number of fused-ring (bicyclic) bond motifs is 1. The summed E-state index contributed by atoms with van der Waals surface area (Å²) in [5, 5.41) is 11.7. The zero-order valence-electron chi connectivity index (χ0n) is 18.3. The van der Waals surface area contributed by atoms with E-state index in [1.54, 1.807) is 10.7 Å². The fourth-order valence-electron chi connectivity index (χ4n) is 4.68. The number of imidazole rings is 1. The lowest BCUT2D eigenvalue weighted by Crippen LogP contribution is -2.35. The number of benzene rings is 1. The number of amides is 1. The summed E-state index contributed by atoms with van der Waals surface area (Å²) in [5.41, 5.74) is 9.31. The number of nitrogens with one attached hydrogen (secondary N) is 2. The van der Waals surface area contributed by atoms with Gasteiger partial charge in [0.2, 0.25) is 0 Å². The molecule has 0 unspecified atom stereocenters. The van der Waals surface area contributed by atoms with Crippen molar-refractivity contribution in [3.63, 3.8) is 0 Å². The van der Waals surface area contributed by atoms with E-state index < -0.39 is 0 Å². The molecule has 8 heteroatoms. The molecule has 1 aliphatic carbocycles. The highest BCUT2D eigenvalue weighted by Gasteiger charge is 2.20. The van der Waals surface area contributed by atoms with Crippen molar-refractivity contribution in [2.24, 2.45) is 5.73 Å². The van der Waals surface area contributed by atoms with Crippen molar-refractivity contribution < 1.29 is 4.79 Å². The maximum Gasteiger partial charge on any atom is 0.253 e. The van der Waals surface area contributed by atoms with Gasteiger partial charge in [0.25, 0.3) is 5.91 Å². The number of nitrogens with two attached hydrogens (primary N) is 1. The fraction of sp³-hybridized carbons (Fsp3) is 0.458. The first-order valence-corrected chi connectivity index (χ1v) is 11.7. The van der Waals surface area contributed by atoms with Crippen LogP contribution in [0.25, 0.3) is 5.65 Å². The first-order chi connectivity index (χ1) is 15.7. The molecule has 168 valence electrons. The van der Waals surface area contributed by atoms with Crippen LogP contribution in [0.3, 0.4) is 0 Å². The highest BCUT2D eigenvalue weighted by molar-refractivity contribution is 5.94. The van der Waals surface area contributed by atoms with Crippen LogP contribution in [0.4, 0.5) is 17.2 Å². The third-order valence-corrected chi connectivity index (χ3v) is 6.54. The fourth-order valence-corrected chi connectivity index (χ4v) is 4.68. The minimum atomic E-state index is 0.120. The molecule has 0 atom stereocenters. The molecule has 1 aliphatic heterocycles. The van der Waals surface area contributed by atoms with Crippen molar-refractivity contribution in [3.05, 3.63) is 48.3 Å². The smallest absolute Gasteiger partial charge is 0.253 e. The minimum Gasteiger partial charge on any atom is -0.366 e. The Morgan fingerprint density at radius 1 is 1.03 bits per heavy atom. The number of hydrogen-bond acceptors (Lipinski definition) is 6. The zero-order valence-corrected chi connectivity index (χ0v) is 18.3. The number of aromatic nitrogens is 3. The van der Waals surface area contributed by atoms with Gasteiger partial charge in [-0.2, -0.15) is 0 Å². The Bertz CT molecular complexity index is 1060. The van der Waals surface area contributed by atoms with Gasteiger partial charge < -0.3 is 21.3 Å². The Labute approximate surface area is 188 Å². The summed E-state index contributed by atoms with van der Waals surface area (Å²) in [6.07, 6.45) is 11.2. The predicted molar refractivity (Wildman–Crippen MR) is 126 cm³/mol. The summed E-state index contributed by atoms with van der Waals surface area (Å²) in [4.78, 5) is 19.1. The van der Waals surface area contributed by atoms with E-state index in [9.17, 15) is 4.79 Å². The maximum absolute atomic E-state index is 12.7. The Morgan fingerprint density at radius 2 is 1.78 bits per heavy atom. The molecule has 0 radical (unpaired) electrons. The van der Waals surface area contributed by atoms with Gasteiger partial charge in [0.1, 0.15) is 5.82 Å². The lowest BCUT2D eigenvalue weighted by atomic mass is 9.92. The van der Waals surface area contributed by atoms with Gasteiger partial charge in [-0.05, 0) is 69.2 Å². The number of piperidine rings is 1. The topological polar surface area (TPSA) is 101 Å². The Hall–Kier alpha value is -3.13. The van der Waals surface area contributed by atoms with E-state index in [0.29, 0.717) is 12.1 Å². The average molecular weight is 434 g/mol. The van der Waals surface area contributed by atoms with E-state index in [0.717, 1.165) is 80.0 Å². The van der Waals surface area contributed by atoms with Crippen LogP contribution in [-0.4, -0.2) is 50.6 Å². The zero-order chi connectivity index (χ0) is 21.9. The quantitative estimate of drug-likeness (QED) is 0.566. The van der Waals surface area contributed by atoms with Crippen LogP contribution in [-0.2, 0) is 0 Å². The molecule has 1 saturated carbocycles. The van der Waals surface area contributed by atoms with Crippen LogP contribution in [0.2, 0.25) is 0 Å². The van der Waals surface area contributed by atoms with Crippen molar-refractivity contribution in [3.8, 4) is 0 Å². The molecule has 3 heterocycles. The number of hydrogen-bond donors (Lipinski definition) is 3. The normalized spacial score (nSPS) is 21.5.